The van der Waals surface area contributed by atoms with Crippen LogP contribution in [0.25, 0.3) is 22.2 Å². The third-order valence-electron chi connectivity index (χ3n) is 5.02. The molecule has 0 atom stereocenters. The van der Waals surface area contributed by atoms with Crippen molar-refractivity contribution in [1.82, 2.24) is 20.1 Å². The first-order valence-corrected chi connectivity index (χ1v) is 9.20. The number of rotatable bonds is 3. The maximum Gasteiger partial charge on any atom is 0.415 e. The molecule has 0 aliphatic carbocycles. The molecule has 1 N–H and O–H groups in total. The second-order valence-electron chi connectivity index (χ2n) is 6.84. The standard InChI is InChI=1S/C22H18N4O2/c27-22-26(14-15-4-2-1-3-5-15)11-8-17-12-18-19(13-20(17)28-22)24-25-21(18)16-6-9-23-10-7-16/h1-7,9-10,12-13H,8,11,14H2,(H,24,25). The summed E-state index contributed by atoms with van der Waals surface area (Å²) in [5.74, 6) is 0.595. The number of aromatic amines is 1. The topological polar surface area (TPSA) is 71.1 Å². The number of H-pyrrole nitrogens is 1. The van der Waals surface area contributed by atoms with Crippen molar-refractivity contribution in [3.05, 3.63) is 78.1 Å². The van der Waals surface area contributed by atoms with Gasteiger partial charge in [-0.15, -0.1) is 0 Å². The summed E-state index contributed by atoms with van der Waals surface area (Å²) >= 11 is 0. The zero-order chi connectivity index (χ0) is 18.9. The quantitative estimate of drug-likeness (QED) is 0.587. The second-order valence-corrected chi connectivity index (χ2v) is 6.84. The van der Waals surface area contributed by atoms with E-state index in [0.717, 1.165) is 39.7 Å². The normalized spacial score (nSPS) is 13.9. The largest absolute Gasteiger partial charge is 0.415 e. The molecule has 2 aromatic carbocycles. The molecule has 6 nitrogen and oxygen atoms in total. The van der Waals surface area contributed by atoms with Gasteiger partial charge in [-0.25, -0.2) is 4.79 Å². The predicted octanol–water partition coefficient (Wildman–Crippen LogP) is 4.18. The Bertz CT molecular complexity index is 1140. The first-order chi connectivity index (χ1) is 13.8. The van der Waals surface area contributed by atoms with Gasteiger partial charge < -0.3 is 9.64 Å². The third kappa shape index (κ3) is 2.99. The molecule has 4 aromatic rings. The lowest BCUT2D eigenvalue weighted by Crippen LogP contribution is -2.32. The number of nitrogens with zero attached hydrogens (tertiary/aromatic N) is 3. The van der Waals surface area contributed by atoms with Gasteiger partial charge in [-0.3, -0.25) is 10.1 Å². The number of nitrogens with one attached hydrogen (secondary N) is 1. The van der Waals surface area contributed by atoms with Crippen molar-refractivity contribution in [3.8, 4) is 17.0 Å². The van der Waals surface area contributed by atoms with E-state index in [1.807, 2.05) is 48.5 Å². The number of aromatic nitrogens is 3. The van der Waals surface area contributed by atoms with Crippen molar-refractivity contribution in [2.75, 3.05) is 6.54 Å². The van der Waals surface area contributed by atoms with E-state index in [4.69, 9.17) is 4.74 Å². The van der Waals surface area contributed by atoms with Crippen LogP contribution in [0.4, 0.5) is 4.79 Å². The van der Waals surface area contributed by atoms with Crippen molar-refractivity contribution in [2.45, 2.75) is 13.0 Å². The summed E-state index contributed by atoms with van der Waals surface area (Å²) in [5.41, 5.74) is 4.80. The molecule has 5 rings (SSSR count). The fraction of sp³-hybridized carbons (Fsp3) is 0.136. The minimum Gasteiger partial charge on any atom is -0.410 e. The molecule has 0 saturated heterocycles. The second kappa shape index (κ2) is 6.81. The van der Waals surface area contributed by atoms with Crippen LogP contribution in [0.2, 0.25) is 0 Å². The Labute approximate surface area is 161 Å². The molecule has 3 heterocycles. The number of fused-ring (bicyclic) bond motifs is 2. The molecule has 6 heteroatoms. The van der Waals surface area contributed by atoms with Crippen LogP contribution in [0, 0.1) is 0 Å². The van der Waals surface area contributed by atoms with Gasteiger partial charge >= 0.3 is 6.09 Å². The van der Waals surface area contributed by atoms with E-state index in [-0.39, 0.29) is 6.09 Å². The molecular weight excluding hydrogens is 352 g/mol. The predicted molar refractivity (Wildman–Crippen MR) is 106 cm³/mol. The lowest BCUT2D eigenvalue weighted by atomic mass is 10.0. The van der Waals surface area contributed by atoms with Gasteiger partial charge in [0.05, 0.1) is 5.52 Å². The van der Waals surface area contributed by atoms with E-state index in [1.165, 1.54) is 0 Å². The van der Waals surface area contributed by atoms with Crippen LogP contribution in [-0.4, -0.2) is 32.7 Å². The van der Waals surface area contributed by atoms with Gasteiger partial charge in [-0.2, -0.15) is 5.10 Å². The Morgan fingerprint density at radius 1 is 1.07 bits per heavy atom. The Morgan fingerprint density at radius 2 is 1.89 bits per heavy atom. The molecule has 1 aliphatic heterocycles. The lowest BCUT2D eigenvalue weighted by molar-refractivity contribution is 0.154. The molecule has 0 unspecified atom stereocenters. The summed E-state index contributed by atoms with van der Waals surface area (Å²) in [4.78, 5) is 18.4. The average molecular weight is 370 g/mol. The van der Waals surface area contributed by atoms with Crippen LogP contribution >= 0.6 is 0 Å². The van der Waals surface area contributed by atoms with Gasteiger partial charge in [0.15, 0.2) is 0 Å². The summed E-state index contributed by atoms with van der Waals surface area (Å²) in [6.07, 6.45) is 3.91. The Morgan fingerprint density at radius 3 is 2.71 bits per heavy atom. The van der Waals surface area contributed by atoms with Gasteiger partial charge in [-0.1, -0.05) is 30.3 Å². The molecule has 0 spiro atoms. The number of ether oxygens (including phenoxy) is 1. The summed E-state index contributed by atoms with van der Waals surface area (Å²) < 4.78 is 5.69. The molecule has 138 valence electrons. The highest BCUT2D eigenvalue weighted by Gasteiger charge is 2.24. The number of hydrogen-bond acceptors (Lipinski definition) is 4. The highest BCUT2D eigenvalue weighted by Crippen LogP contribution is 2.33. The van der Waals surface area contributed by atoms with Crippen molar-refractivity contribution >= 4 is 17.0 Å². The molecule has 0 saturated carbocycles. The number of carbonyl (C=O) groups is 1. The zero-order valence-electron chi connectivity index (χ0n) is 15.1. The summed E-state index contributed by atoms with van der Waals surface area (Å²) in [5, 5.41) is 8.51. The fourth-order valence-electron chi connectivity index (χ4n) is 3.56. The molecule has 1 aliphatic rings. The van der Waals surface area contributed by atoms with E-state index >= 15 is 0 Å². The molecule has 0 fully saturated rings. The van der Waals surface area contributed by atoms with Crippen LogP contribution in [0.1, 0.15) is 11.1 Å². The van der Waals surface area contributed by atoms with E-state index < -0.39 is 0 Å². The van der Waals surface area contributed by atoms with E-state index in [1.54, 1.807) is 17.3 Å². The fourth-order valence-corrected chi connectivity index (χ4v) is 3.56. The molecule has 0 bridgehead atoms. The van der Waals surface area contributed by atoms with Gasteiger partial charge in [0.2, 0.25) is 0 Å². The molecule has 0 radical (unpaired) electrons. The Kier molecular flexibility index (Phi) is 4.01. The summed E-state index contributed by atoms with van der Waals surface area (Å²) in [6, 6.07) is 17.8. The first kappa shape index (κ1) is 16.5. The monoisotopic (exact) mass is 370 g/mol. The van der Waals surface area contributed by atoms with Crippen LogP contribution in [0.3, 0.4) is 0 Å². The van der Waals surface area contributed by atoms with Gasteiger partial charge in [0.1, 0.15) is 11.4 Å². The van der Waals surface area contributed by atoms with E-state index in [2.05, 4.69) is 21.2 Å². The van der Waals surface area contributed by atoms with Crippen molar-refractivity contribution in [2.24, 2.45) is 0 Å². The Balaban J connectivity index is 1.47. The zero-order valence-corrected chi connectivity index (χ0v) is 15.1. The molecule has 28 heavy (non-hydrogen) atoms. The molecule has 1 amide bonds. The lowest BCUT2D eigenvalue weighted by Gasteiger charge is -2.18. The van der Waals surface area contributed by atoms with Gasteiger partial charge in [-0.05, 0) is 35.7 Å². The van der Waals surface area contributed by atoms with E-state index in [0.29, 0.717) is 18.8 Å². The van der Waals surface area contributed by atoms with Crippen LogP contribution in [0.5, 0.6) is 5.75 Å². The highest BCUT2D eigenvalue weighted by atomic mass is 16.6. The number of benzene rings is 2. The van der Waals surface area contributed by atoms with Gasteiger partial charge in [0, 0.05) is 42.5 Å². The smallest absolute Gasteiger partial charge is 0.410 e. The summed E-state index contributed by atoms with van der Waals surface area (Å²) in [7, 11) is 0. The number of pyridine rings is 1. The number of amides is 1. The first-order valence-electron chi connectivity index (χ1n) is 9.20. The third-order valence-corrected chi connectivity index (χ3v) is 5.02. The van der Waals surface area contributed by atoms with Crippen molar-refractivity contribution < 1.29 is 9.53 Å². The van der Waals surface area contributed by atoms with Crippen LogP contribution in [0.15, 0.2) is 67.0 Å². The summed E-state index contributed by atoms with van der Waals surface area (Å²) in [6.45, 7) is 1.14. The average Bonchev–Trinajstić information content (AvgIpc) is 3.08. The van der Waals surface area contributed by atoms with Gasteiger partial charge in [0.25, 0.3) is 0 Å². The maximum atomic E-state index is 12.6. The number of carbonyl (C=O) groups excluding carboxylic acids is 1. The molecule has 2 aromatic heterocycles. The maximum absolute atomic E-state index is 12.6. The highest BCUT2D eigenvalue weighted by molar-refractivity contribution is 5.94. The minimum absolute atomic E-state index is 0.323. The number of hydrogen-bond donors (Lipinski definition) is 1. The minimum atomic E-state index is -0.323. The Hall–Kier alpha value is -3.67. The van der Waals surface area contributed by atoms with E-state index in [9.17, 15) is 4.79 Å². The SMILES string of the molecule is O=C1Oc2cc3[nH]nc(-c4ccncc4)c3cc2CCN1Cc1ccccc1. The van der Waals surface area contributed by atoms with Crippen molar-refractivity contribution in [1.29, 1.82) is 0 Å². The molecular formula is C22H18N4O2. The van der Waals surface area contributed by atoms with Crippen LogP contribution < -0.4 is 4.74 Å². The van der Waals surface area contributed by atoms with Crippen molar-refractivity contribution in [3.63, 3.8) is 0 Å². The van der Waals surface area contributed by atoms with Crippen LogP contribution in [-0.2, 0) is 13.0 Å².